The highest BCUT2D eigenvalue weighted by atomic mass is 19.4. The van der Waals surface area contributed by atoms with E-state index in [1.165, 1.54) is 6.07 Å². The van der Waals surface area contributed by atoms with Gasteiger partial charge in [-0.15, -0.1) is 0 Å². The molecule has 2 rings (SSSR count). The lowest BCUT2D eigenvalue weighted by Crippen LogP contribution is -2.07. The Labute approximate surface area is 115 Å². The van der Waals surface area contributed by atoms with Crippen LogP contribution in [-0.2, 0) is 6.18 Å². The zero-order valence-corrected chi connectivity index (χ0v) is 10.6. The zero-order chi connectivity index (χ0) is 15.8. The van der Waals surface area contributed by atoms with Gasteiger partial charge in [0, 0.05) is 0 Å². The number of ether oxygens (including phenoxy) is 1. The lowest BCUT2D eigenvalue weighted by atomic mass is 10.2. The number of benzene rings is 2. The maximum absolute atomic E-state index is 13.6. The van der Waals surface area contributed by atoms with Crippen molar-refractivity contribution in [3.8, 4) is 11.5 Å². The van der Waals surface area contributed by atoms with Crippen molar-refractivity contribution in [3.63, 3.8) is 0 Å². The van der Waals surface area contributed by atoms with Crippen molar-refractivity contribution in [2.24, 2.45) is 0 Å². The van der Waals surface area contributed by atoms with E-state index in [1.807, 2.05) is 0 Å². The second-order valence-electron chi connectivity index (χ2n) is 4.30. The molecule has 0 fully saturated rings. The molecule has 0 aliphatic rings. The molecule has 0 amide bonds. The molecule has 0 aliphatic heterocycles. The summed E-state index contributed by atoms with van der Waals surface area (Å²) < 4.78 is 82.5. The van der Waals surface area contributed by atoms with Gasteiger partial charge in [0.1, 0.15) is 0 Å². The molecular formula is C14H8F6O. The minimum atomic E-state index is -4.89. The van der Waals surface area contributed by atoms with Gasteiger partial charge in [-0.1, -0.05) is 6.07 Å². The van der Waals surface area contributed by atoms with E-state index in [-0.39, 0.29) is 12.1 Å². The van der Waals surface area contributed by atoms with Crippen LogP contribution in [0.5, 0.6) is 11.5 Å². The van der Waals surface area contributed by atoms with Crippen molar-refractivity contribution >= 4 is 0 Å². The number of alkyl halides is 3. The molecule has 0 saturated heterocycles. The van der Waals surface area contributed by atoms with E-state index in [2.05, 4.69) is 0 Å². The van der Waals surface area contributed by atoms with Crippen LogP contribution in [0.4, 0.5) is 26.3 Å². The van der Waals surface area contributed by atoms with Crippen molar-refractivity contribution in [1.82, 2.24) is 0 Å². The molecule has 0 aliphatic carbocycles. The van der Waals surface area contributed by atoms with Gasteiger partial charge in [-0.25, -0.2) is 13.2 Å². The summed E-state index contributed by atoms with van der Waals surface area (Å²) >= 11 is 0. The third-order valence-electron chi connectivity index (χ3n) is 2.63. The molecule has 1 nitrogen and oxygen atoms in total. The molecule has 0 radical (unpaired) electrons. The number of hydrogen-bond donors (Lipinski definition) is 0. The van der Waals surface area contributed by atoms with Crippen LogP contribution in [0.25, 0.3) is 0 Å². The first kappa shape index (κ1) is 15.2. The SMILES string of the molecule is Cc1ccc(Oc2c(F)cc(C(F)(F)F)cc2F)c(F)c1. The van der Waals surface area contributed by atoms with Gasteiger partial charge in [0.15, 0.2) is 29.0 Å². The average molecular weight is 306 g/mol. The van der Waals surface area contributed by atoms with E-state index >= 15 is 0 Å². The van der Waals surface area contributed by atoms with Crippen molar-refractivity contribution in [1.29, 1.82) is 0 Å². The van der Waals surface area contributed by atoms with Crippen molar-refractivity contribution in [2.45, 2.75) is 13.1 Å². The predicted molar refractivity (Wildman–Crippen MR) is 62.6 cm³/mol. The Morgan fingerprint density at radius 2 is 1.43 bits per heavy atom. The van der Waals surface area contributed by atoms with Crippen LogP contribution in [-0.4, -0.2) is 0 Å². The van der Waals surface area contributed by atoms with Crippen molar-refractivity contribution in [2.75, 3.05) is 0 Å². The van der Waals surface area contributed by atoms with Crippen LogP contribution < -0.4 is 4.74 Å². The van der Waals surface area contributed by atoms with E-state index < -0.39 is 40.7 Å². The Kier molecular flexibility index (Phi) is 3.85. The molecular weight excluding hydrogens is 298 g/mol. The van der Waals surface area contributed by atoms with Gasteiger partial charge in [-0.2, -0.15) is 13.2 Å². The van der Waals surface area contributed by atoms with Gasteiger partial charge in [0.05, 0.1) is 5.56 Å². The molecule has 21 heavy (non-hydrogen) atoms. The maximum Gasteiger partial charge on any atom is 0.416 e. The molecule has 0 N–H and O–H groups in total. The third-order valence-corrected chi connectivity index (χ3v) is 2.63. The fourth-order valence-electron chi connectivity index (χ4n) is 1.62. The standard InChI is InChI=1S/C14H8F6O/c1-7-2-3-12(9(15)4-7)21-13-10(16)5-8(6-11(13)17)14(18,19)20/h2-6H,1H3. The summed E-state index contributed by atoms with van der Waals surface area (Å²) in [7, 11) is 0. The smallest absolute Gasteiger partial charge is 0.416 e. The lowest BCUT2D eigenvalue weighted by molar-refractivity contribution is -0.138. The number of rotatable bonds is 2. The second kappa shape index (κ2) is 5.31. The molecule has 0 bridgehead atoms. The summed E-state index contributed by atoms with van der Waals surface area (Å²) in [6.07, 6.45) is -4.89. The van der Waals surface area contributed by atoms with Crippen LogP contribution >= 0.6 is 0 Å². The summed E-state index contributed by atoms with van der Waals surface area (Å²) in [6.45, 7) is 1.59. The zero-order valence-electron chi connectivity index (χ0n) is 10.6. The van der Waals surface area contributed by atoms with E-state index in [0.717, 1.165) is 12.1 Å². The van der Waals surface area contributed by atoms with Gasteiger partial charge >= 0.3 is 6.18 Å². The second-order valence-corrected chi connectivity index (χ2v) is 4.30. The minimum absolute atomic E-state index is 0.0878. The normalized spacial score (nSPS) is 11.6. The summed E-state index contributed by atoms with van der Waals surface area (Å²) in [5, 5.41) is 0. The predicted octanol–water partition coefficient (Wildman–Crippen LogP) is 5.22. The quantitative estimate of drug-likeness (QED) is 0.691. The Hall–Kier alpha value is -2.18. The van der Waals surface area contributed by atoms with Crippen molar-refractivity contribution < 1.29 is 31.1 Å². The van der Waals surface area contributed by atoms with Gasteiger partial charge in [-0.05, 0) is 36.8 Å². The highest BCUT2D eigenvalue weighted by Crippen LogP contribution is 2.36. The highest BCUT2D eigenvalue weighted by molar-refractivity contribution is 5.38. The maximum atomic E-state index is 13.6. The Morgan fingerprint density at radius 3 is 1.90 bits per heavy atom. The van der Waals surface area contributed by atoms with Crippen LogP contribution in [0.15, 0.2) is 30.3 Å². The number of aryl methyl sites for hydroxylation is 1. The average Bonchev–Trinajstić information content (AvgIpc) is 2.34. The molecule has 7 heteroatoms. The van der Waals surface area contributed by atoms with Crippen LogP contribution in [0.2, 0.25) is 0 Å². The molecule has 0 atom stereocenters. The summed E-state index contributed by atoms with van der Waals surface area (Å²) in [4.78, 5) is 0. The molecule has 0 spiro atoms. The van der Waals surface area contributed by atoms with E-state index in [9.17, 15) is 26.3 Å². The molecule has 2 aromatic rings. The Morgan fingerprint density at radius 1 is 0.857 bits per heavy atom. The molecule has 0 unspecified atom stereocenters. The van der Waals surface area contributed by atoms with Gasteiger partial charge in [-0.3, -0.25) is 0 Å². The monoisotopic (exact) mass is 306 g/mol. The van der Waals surface area contributed by atoms with E-state index in [1.54, 1.807) is 6.92 Å². The third kappa shape index (κ3) is 3.29. The van der Waals surface area contributed by atoms with Crippen LogP contribution in [0, 0.1) is 24.4 Å². The minimum Gasteiger partial charge on any atom is -0.448 e. The molecule has 0 heterocycles. The molecule has 2 aromatic carbocycles. The fraction of sp³-hybridized carbons (Fsp3) is 0.143. The fourth-order valence-corrected chi connectivity index (χ4v) is 1.62. The summed E-state index contributed by atoms with van der Waals surface area (Å²) in [6, 6.07) is 3.80. The van der Waals surface area contributed by atoms with Gasteiger partial charge < -0.3 is 4.74 Å². The van der Waals surface area contributed by atoms with Crippen molar-refractivity contribution in [3.05, 3.63) is 58.9 Å². The van der Waals surface area contributed by atoms with E-state index in [4.69, 9.17) is 4.74 Å². The van der Waals surface area contributed by atoms with Gasteiger partial charge in [0.2, 0.25) is 0 Å². The van der Waals surface area contributed by atoms with Crippen LogP contribution in [0.3, 0.4) is 0 Å². The number of halogens is 6. The molecule has 0 saturated carbocycles. The Balaban J connectivity index is 2.41. The largest absolute Gasteiger partial charge is 0.448 e. The Bertz CT molecular complexity index is 655. The molecule has 0 aromatic heterocycles. The summed E-state index contributed by atoms with van der Waals surface area (Å²) in [5.74, 6) is -5.60. The topological polar surface area (TPSA) is 9.23 Å². The lowest BCUT2D eigenvalue weighted by Gasteiger charge is -2.12. The van der Waals surface area contributed by atoms with Gasteiger partial charge in [0.25, 0.3) is 0 Å². The van der Waals surface area contributed by atoms with E-state index in [0.29, 0.717) is 5.56 Å². The highest BCUT2D eigenvalue weighted by Gasteiger charge is 2.33. The van der Waals surface area contributed by atoms with Crippen LogP contribution in [0.1, 0.15) is 11.1 Å². The molecule has 112 valence electrons. The first-order chi connectivity index (χ1) is 9.68. The first-order valence-corrected chi connectivity index (χ1v) is 5.68. The first-order valence-electron chi connectivity index (χ1n) is 5.68. The summed E-state index contributed by atoms with van der Waals surface area (Å²) in [5.41, 5.74) is -0.942. The number of hydrogen-bond acceptors (Lipinski definition) is 1.